The Morgan fingerprint density at radius 2 is 2.24 bits per heavy atom. The molecule has 5 heteroatoms. The van der Waals surface area contributed by atoms with Crippen molar-refractivity contribution in [2.45, 2.75) is 25.8 Å². The van der Waals surface area contributed by atoms with Crippen LogP contribution in [-0.2, 0) is 6.54 Å². The standard InChI is InChI=1S/C12H15BrN2O2/c13-12-7-11(15(16)17)4-3-10(12)8-14-6-5-9-1-2-9/h3-4,7,9,14H,1-2,5-6,8H2. The molecule has 0 aromatic heterocycles. The lowest BCUT2D eigenvalue weighted by molar-refractivity contribution is -0.384. The van der Waals surface area contributed by atoms with Gasteiger partial charge in [0.15, 0.2) is 0 Å². The number of nitrogens with zero attached hydrogens (tertiary/aromatic N) is 1. The van der Waals surface area contributed by atoms with E-state index in [1.807, 2.05) is 0 Å². The van der Waals surface area contributed by atoms with Gasteiger partial charge in [0.2, 0.25) is 0 Å². The normalized spacial score (nSPS) is 14.9. The first-order valence-electron chi connectivity index (χ1n) is 5.80. The van der Waals surface area contributed by atoms with E-state index >= 15 is 0 Å². The maximum absolute atomic E-state index is 10.6. The smallest absolute Gasteiger partial charge is 0.270 e. The van der Waals surface area contributed by atoms with Crippen LogP contribution in [0.4, 0.5) is 5.69 Å². The molecular formula is C12H15BrN2O2. The van der Waals surface area contributed by atoms with Gasteiger partial charge in [-0.15, -0.1) is 0 Å². The maximum Gasteiger partial charge on any atom is 0.270 e. The van der Waals surface area contributed by atoms with E-state index in [4.69, 9.17) is 0 Å². The first-order valence-corrected chi connectivity index (χ1v) is 6.59. The van der Waals surface area contributed by atoms with Gasteiger partial charge in [-0.1, -0.05) is 28.8 Å². The van der Waals surface area contributed by atoms with Crippen LogP contribution in [0, 0.1) is 16.0 Å². The highest BCUT2D eigenvalue weighted by Gasteiger charge is 2.20. The van der Waals surface area contributed by atoms with Crippen molar-refractivity contribution in [1.82, 2.24) is 5.32 Å². The highest BCUT2D eigenvalue weighted by Crippen LogP contribution is 2.31. The summed E-state index contributed by atoms with van der Waals surface area (Å²) in [6.07, 6.45) is 4.00. The summed E-state index contributed by atoms with van der Waals surface area (Å²) in [4.78, 5) is 10.2. The van der Waals surface area contributed by atoms with E-state index in [1.54, 1.807) is 18.2 Å². The quantitative estimate of drug-likeness (QED) is 0.498. The summed E-state index contributed by atoms with van der Waals surface area (Å²) < 4.78 is 0.797. The SMILES string of the molecule is O=[N+]([O-])c1ccc(CNCCC2CC2)c(Br)c1. The number of hydrogen-bond donors (Lipinski definition) is 1. The predicted molar refractivity (Wildman–Crippen MR) is 69.8 cm³/mol. The summed E-state index contributed by atoms with van der Waals surface area (Å²) in [6, 6.07) is 4.90. The van der Waals surface area contributed by atoms with Gasteiger partial charge in [0.1, 0.15) is 0 Å². The molecule has 1 aromatic rings. The minimum Gasteiger partial charge on any atom is -0.313 e. The zero-order valence-electron chi connectivity index (χ0n) is 9.49. The van der Waals surface area contributed by atoms with E-state index in [1.165, 1.54) is 19.3 Å². The topological polar surface area (TPSA) is 55.2 Å². The van der Waals surface area contributed by atoms with Gasteiger partial charge in [0, 0.05) is 23.2 Å². The number of hydrogen-bond acceptors (Lipinski definition) is 3. The Bertz CT molecular complexity index is 419. The van der Waals surface area contributed by atoms with Gasteiger partial charge in [0.05, 0.1) is 4.92 Å². The van der Waals surface area contributed by atoms with Gasteiger partial charge >= 0.3 is 0 Å². The first-order chi connectivity index (χ1) is 8.16. The lowest BCUT2D eigenvalue weighted by Gasteiger charge is -2.06. The van der Waals surface area contributed by atoms with Gasteiger partial charge in [0.25, 0.3) is 5.69 Å². The Hall–Kier alpha value is -0.940. The molecule has 0 atom stereocenters. The van der Waals surface area contributed by atoms with Crippen molar-refractivity contribution in [1.29, 1.82) is 0 Å². The minimum atomic E-state index is -0.380. The molecule has 0 aliphatic heterocycles. The van der Waals surface area contributed by atoms with Crippen molar-refractivity contribution in [3.05, 3.63) is 38.3 Å². The zero-order chi connectivity index (χ0) is 12.3. The van der Waals surface area contributed by atoms with Crippen LogP contribution in [0.25, 0.3) is 0 Å². The molecule has 0 unspecified atom stereocenters. The molecule has 1 aliphatic rings. The molecule has 1 aromatic carbocycles. The summed E-state index contributed by atoms with van der Waals surface area (Å²) >= 11 is 3.36. The van der Waals surface area contributed by atoms with Crippen LogP contribution in [0.2, 0.25) is 0 Å². The lowest BCUT2D eigenvalue weighted by Crippen LogP contribution is -2.15. The van der Waals surface area contributed by atoms with Crippen LogP contribution in [0.3, 0.4) is 0 Å². The molecule has 1 saturated carbocycles. The molecule has 0 saturated heterocycles. The number of halogens is 1. The van der Waals surface area contributed by atoms with Crippen molar-refractivity contribution in [3.8, 4) is 0 Å². The molecule has 1 N–H and O–H groups in total. The number of nitro groups is 1. The summed E-state index contributed by atoms with van der Waals surface area (Å²) in [5.41, 5.74) is 1.19. The van der Waals surface area contributed by atoms with Crippen LogP contribution >= 0.6 is 15.9 Å². The second-order valence-corrected chi connectivity index (χ2v) is 5.30. The van der Waals surface area contributed by atoms with Crippen molar-refractivity contribution in [2.75, 3.05) is 6.54 Å². The molecular weight excluding hydrogens is 284 g/mol. The lowest BCUT2D eigenvalue weighted by atomic mass is 10.2. The molecule has 4 nitrogen and oxygen atoms in total. The van der Waals surface area contributed by atoms with Crippen molar-refractivity contribution in [3.63, 3.8) is 0 Å². The second kappa shape index (κ2) is 5.60. The average molecular weight is 299 g/mol. The summed E-state index contributed by atoms with van der Waals surface area (Å²) in [5.74, 6) is 0.933. The zero-order valence-corrected chi connectivity index (χ0v) is 11.1. The summed E-state index contributed by atoms with van der Waals surface area (Å²) in [6.45, 7) is 1.78. The molecule has 17 heavy (non-hydrogen) atoms. The van der Waals surface area contributed by atoms with Crippen LogP contribution in [-0.4, -0.2) is 11.5 Å². The summed E-state index contributed by atoms with van der Waals surface area (Å²) in [7, 11) is 0. The monoisotopic (exact) mass is 298 g/mol. The molecule has 0 radical (unpaired) electrons. The molecule has 2 rings (SSSR count). The molecule has 92 valence electrons. The molecule has 0 heterocycles. The van der Waals surface area contributed by atoms with Gasteiger partial charge in [-0.25, -0.2) is 0 Å². The third-order valence-corrected chi connectivity index (χ3v) is 3.73. The average Bonchev–Trinajstić information content (AvgIpc) is 3.09. The van der Waals surface area contributed by atoms with Gasteiger partial charge in [-0.3, -0.25) is 10.1 Å². The molecule has 0 bridgehead atoms. The Labute approximate surface area is 109 Å². The number of non-ortho nitro benzene ring substituents is 1. The van der Waals surface area contributed by atoms with Crippen molar-refractivity contribution in [2.24, 2.45) is 5.92 Å². The Morgan fingerprint density at radius 3 is 2.82 bits per heavy atom. The first kappa shape index (κ1) is 12.5. The fourth-order valence-electron chi connectivity index (χ4n) is 1.73. The third kappa shape index (κ3) is 3.78. The van der Waals surface area contributed by atoms with Crippen molar-refractivity contribution < 1.29 is 4.92 Å². The van der Waals surface area contributed by atoms with Crippen LogP contribution in [0.15, 0.2) is 22.7 Å². The molecule has 0 amide bonds. The van der Waals surface area contributed by atoms with Gasteiger partial charge in [-0.2, -0.15) is 0 Å². The summed E-state index contributed by atoms with van der Waals surface area (Å²) in [5, 5.41) is 13.9. The fourth-order valence-corrected chi connectivity index (χ4v) is 2.24. The number of nitrogens with one attached hydrogen (secondary N) is 1. The second-order valence-electron chi connectivity index (χ2n) is 4.44. The van der Waals surface area contributed by atoms with Gasteiger partial charge in [-0.05, 0) is 30.5 Å². The van der Waals surface area contributed by atoms with Crippen LogP contribution < -0.4 is 5.32 Å². The third-order valence-electron chi connectivity index (χ3n) is 2.99. The fraction of sp³-hybridized carbons (Fsp3) is 0.500. The molecule has 0 spiro atoms. The van der Waals surface area contributed by atoms with E-state index in [-0.39, 0.29) is 10.6 Å². The number of nitro benzene ring substituents is 1. The number of benzene rings is 1. The van der Waals surface area contributed by atoms with Crippen molar-refractivity contribution >= 4 is 21.6 Å². The van der Waals surface area contributed by atoms with E-state index in [2.05, 4.69) is 21.2 Å². The Kier molecular flexibility index (Phi) is 4.12. The molecule has 1 fully saturated rings. The Balaban J connectivity index is 1.84. The number of rotatable bonds is 6. The highest BCUT2D eigenvalue weighted by molar-refractivity contribution is 9.10. The maximum atomic E-state index is 10.6. The van der Waals surface area contributed by atoms with E-state index in [0.29, 0.717) is 0 Å². The predicted octanol–water partition coefficient (Wildman–Crippen LogP) is 3.25. The van der Waals surface area contributed by atoms with Crippen LogP contribution in [0.5, 0.6) is 0 Å². The van der Waals surface area contributed by atoms with E-state index in [0.717, 1.165) is 29.0 Å². The minimum absolute atomic E-state index is 0.124. The van der Waals surface area contributed by atoms with E-state index in [9.17, 15) is 10.1 Å². The largest absolute Gasteiger partial charge is 0.313 e. The van der Waals surface area contributed by atoms with Crippen LogP contribution in [0.1, 0.15) is 24.8 Å². The Morgan fingerprint density at radius 1 is 1.47 bits per heavy atom. The highest BCUT2D eigenvalue weighted by atomic mass is 79.9. The van der Waals surface area contributed by atoms with Gasteiger partial charge < -0.3 is 5.32 Å². The molecule has 1 aliphatic carbocycles. The van der Waals surface area contributed by atoms with E-state index < -0.39 is 0 Å².